The molecule has 1 nitrogen and oxygen atoms in total. The van der Waals surface area contributed by atoms with E-state index in [-0.39, 0.29) is 0 Å². The lowest BCUT2D eigenvalue weighted by Gasteiger charge is -2.09. The zero-order valence-electron chi connectivity index (χ0n) is 8.22. The van der Waals surface area contributed by atoms with E-state index in [0.717, 1.165) is 13.0 Å². The molecule has 1 heteroatoms. The topological polar surface area (TPSA) is 26.0 Å². The van der Waals surface area contributed by atoms with Gasteiger partial charge in [0.2, 0.25) is 0 Å². The van der Waals surface area contributed by atoms with Gasteiger partial charge in [0.15, 0.2) is 0 Å². The van der Waals surface area contributed by atoms with Crippen molar-refractivity contribution in [2.75, 3.05) is 6.54 Å². The summed E-state index contributed by atoms with van der Waals surface area (Å²) < 4.78 is 0. The van der Waals surface area contributed by atoms with Crippen LogP contribution in [0.1, 0.15) is 26.2 Å². The van der Waals surface area contributed by atoms with E-state index in [0.29, 0.717) is 5.92 Å². The van der Waals surface area contributed by atoms with Crippen molar-refractivity contribution in [2.24, 2.45) is 11.7 Å². The maximum absolute atomic E-state index is 5.48. The van der Waals surface area contributed by atoms with Crippen molar-refractivity contribution in [2.45, 2.75) is 26.2 Å². The van der Waals surface area contributed by atoms with Crippen LogP contribution in [0.4, 0.5) is 0 Å². The van der Waals surface area contributed by atoms with Crippen LogP contribution in [0.3, 0.4) is 0 Å². The summed E-state index contributed by atoms with van der Waals surface area (Å²) in [7, 11) is 0. The van der Waals surface area contributed by atoms with Crippen molar-refractivity contribution in [3.63, 3.8) is 0 Å². The zero-order valence-corrected chi connectivity index (χ0v) is 8.22. The number of rotatable bonds is 4. The number of nitrogens with two attached hydrogens (primary N) is 1. The van der Waals surface area contributed by atoms with Gasteiger partial charge in [-0.15, -0.1) is 0 Å². The minimum Gasteiger partial charge on any atom is -0.330 e. The minimum atomic E-state index is 0.714. The molecule has 1 unspecified atom stereocenters. The lowest BCUT2D eigenvalue weighted by atomic mass is 9.95. The molecule has 2 aliphatic carbocycles. The third-order valence-corrected chi connectivity index (χ3v) is 3.02. The molecule has 2 N–H and O–H groups in total. The molecule has 0 amide bonds. The number of hydrogen-bond donors (Lipinski definition) is 1. The largest absolute Gasteiger partial charge is 0.330 e. The second-order valence-electron chi connectivity index (χ2n) is 3.95. The van der Waals surface area contributed by atoms with Crippen LogP contribution < -0.4 is 5.73 Å². The molecule has 0 saturated carbocycles. The van der Waals surface area contributed by atoms with Gasteiger partial charge in [-0.1, -0.05) is 24.6 Å². The van der Waals surface area contributed by atoms with Crippen LogP contribution in [-0.4, -0.2) is 6.54 Å². The van der Waals surface area contributed by atoms with Gasteiger partial charge in [0.1, 0.15) is 0 Å². The number of hydrogen-bond acceptors (Lipinski definition) is 1. The van der Waals surface area contributed by atoms with Crippen LogP contribution in [0.2, 0.25) is 0 Å². The third kappa shape index (κ3) is 1.49. The highest BCUT2D eigenvalue weighted by atomic mass is 14.5. The van der Waals surface area contributed by atoms with E-state index in [2.05, 4.69) is 25.2 Å². The Kier molecular flexibility index (Phi) is 2.36. The second kappa shape index (κ2) is 3.51. The Labute approximate surface area is 80.0 Å². The molecule has 2 aliphatic rings. The number of fused-ring (bicyclic) bond motifs is 2. The van der Waals surface area contributed by atoms with Crippen molar-refractivity contribution in [3.05, 3.63) is 34.9 Å². The highest BCUT2D eigenvalue weighted by Gasteiger charge is 2.26. The smallest absolute Gasteiger partial charge is 0.00920 e. The van der Waals surface area contributed by atoms with Crippen LogP contribution in [0, 0.1) is 5.92 Å². The maximum Gasteiger partial charge on any atom is 0.00920 e. The van der Waals surface area contributed by atoms with E-state index in [1.165, 1.54) is 24.0 Å². The standard InChI is InChI=1S/C12H17N/c1-9-8-10-5-6-11(9)12(10)4-2-3-7-13/h5-6,8,12H,2-4,7,13H2,1H3. The average Bonchev–Trinajstić information content (AvgIpc) is 2.62. The van der Waals surface area contributed by atoms with E-state index >= 15 is 0 Å². The van der Waals surface area contributed by atoms with Gasteiger partial charge in [0.05, 0.1) is 0 Å². The summed E-state index contributed by atoms with van der Waals surface area (Å²) in [6.45, 7) is 3.04. The zero-order chi connectivity index (χ0) is 9.26. The van der Waals surface area contributed by atoms with Crippen molar-refractivity contribution < 1.29 is 0 Å². The Morgan fingerprint density at radius 1 is 1.31 bits per heavy atom. The summed E-state index contributed by atoms with van der Waals surface area (Å²) >= 11 is 0. The van der Waals surface area contributed by atoms with Crippen molar-refractivity contribution in [1.29, 1.82) is 0 Å². The first-order valence-corrected chi connectivity index (χ1v) is 5.13. The SMILES string of the molecule is CC1=C2C=CC(=C1)C2CCCCN. The van der Waals surface area contributed by atoms with Crippen LogP contribution in [0.5, 0.6) is 0 Å². The minimum absolute atomic E-state index is 0.714. The summed E-state index contributed by atoms with van der Waals surface area (Å²) in [5.41, 5.74) is 10.0. The highest BCUT2D eigenvalue weighted by molar-refractivity contribution is 5.56. The summed E-state index contributed by atoms with van der Waals surface area (Å²) in [4.78, 5) is 0. The number of allylic oxidation sites excluding steroid dienone is 6. The van der Waals surface area contributed by atoms with Gasteiger partial charge in [-0.05, 0) is 43.0 Å². The maximum atomic E-state index is 5.48. The quantitative estimate of drug-likeness (QED) is 0.653. The molecule has 0 aromatic heterocycles. The van der Waals surface area contributed by atoms with Gasteiger partial charge in [-0.25, -0.2) is 0 Å². The first kappa shape index (κ1) is 8.76. The second-order valence-corrected chi connectivity index (χ2v) is 3.95. The molecule has 0 heterocycles. The third-order valence-electron chi connectivity index (χ3n) is 3.02. The molecule has 0 radical (unpaired) electrons. The lowest BCUT2D eigenvalue weighted by Crippen LogP contribution is -2.02. The van der Waals surface area contributed by atoms with E-state index in [1.807, 2.05) is 0 Å². The average molecular weight is 175 g/mol. The van der Waals surface area contributed by atoms with Crippen LogP contribution >= 0.6 is 0 Å². The Morgan fingerprint density at radius 3 is 2.69 bits per heavy atom. The summed E-state index contributed by atoms with van der Waals surface area (Å²) in [6, 6.07) is 0. The molecule has 70 valence electrons. The van der Waals surface area contributed by atoms with Gasteiger partial charge in [-0.2, -0.15) is 0 Å². The molecule has 13 heavy (non-hydrogen) atoms. The van der Waals surface area contributed by atoms with E-state index in [9.17, 15) is 0 Å². The molecule has 0 aromatic rings. The van der Waals surface area contributed by atoms with Crippen LogP contribution in [0.15, 0.2) is 34.9 Å². The summed E-state index contributed by atoms with van der Waals surface area (Å²) in [6.07, 6.45) is 10.6. The first-order valence-electron chi connectivity index (χ1n) is 5.13. The summed E-state index contributed by atoms with van der Waals surface area (Å²) in [5.74, 6) is 0.714. The van der Waals surface area contributed by atoms with E-state index in [4.69, 9.17) is 5.73 Å². The fourth-order valence-corrected chi connectivity index (χ4v) is 2.30. The van der Waals surface area contributed by atoms with Crippen LogP contribution in [0.25, 0.3) is 0 Å². The van der Waals surface area contributed by atoms with Gasteiger partial charge >= 0.3 is 0 Å². The fourth-order valence-electron chi connectivity index (χ4n) is 2.30. The van der Waals surface area contributed by atoms with Gasteiger partial charge in [-0.3, -0.25) is 0 Å². The first-order chi connectivity index (χ1) is 6.33. The Balaban J connectivity index is 1.95. The molecule has 0 fully saturated rings. The number of unbranched alkanes of at least 4 members (excludes halogenated alkanes) is 1. The molecule has 0 aromatic carbocycles. The van der Waals surface area contributed by atoms with Crippen molar-refractivity contribution >= 4 is 0 Å². The molecule has 2 rings (SSSR count). The normalized spacial score (nSPS) is 24.5. The predicted molar refractivity (Wildman–Crippen MR) is 56.3 cm³/mol. The molecular formula is C12H17N. The lowest BCUT2D eigenvalue weighted by molar-refractivity contribution is 0.609. The predicted octanol–water partition coefficient (Wildman–Crippen LogP) is 2.56. The van der Waals surface area contributed by atoms with Gasteiger partial charge in [0, 0.05) is 5.92 Å². The molecule has 0 saturated heterocycles. The van der Waals surface area contributed by atoms with Crippen molar-refractivity contribution in [3.8, 4) is 0 Å². The van der Waals surface area contributed by atoms with E-state index in [1.54, 1.807) is 5.57 Å². The molecule has 1 atom stereocenters. The molecule has 0 spiro atoms. The summed E-state index contributed by atoms with van der Waals surface area (Å²) in [5, 5.41) is 0. The van der Waals surface area contributed by atoms with Gasteiger partial charge in [0.25, 0.3) is 0 Å². The fraction of sp³-hybridized carbons (Fsp3) is 0.500. The molecule has 0 aliphatic heterocycles. The monoisotopic (exact) mass is 175 g/mol. The van der Waals surface area contributed by atoms with Crippen molar-refractivity contribution in [1.82, 2.24) is 0 Å². The Bertz CT molecular complexity index is 294. The Morgan fingerprint density at radius 2 is 2.15 bits per heavy atom. The van der Waals surface area contributed by atoms with Crippen LogP contribution in [-0.2, 0) is 0 Å². The van der Waals surface area contributed by atoms with Gasteiger partial charge < -0.3 is 5.73 Å². The molecule has 2 bridgehead atoms. The highest BCUT2D eigenvalue weighted by Crippen LogP contribution is 2.41. The van der Waals surface area contributed by atoms with E-state index < -0.39 is 0 Å². The molecular weight excluding hydrogens is 158 g/mol. The Hall–Kier alpha value is -0.820.